The van der Waals surface area contributed by atoms with Crippen molar-refractivity contribution >= 4 is 24.8 Å². The summed E-state index contributed by atoms with van der Waals surface area (Å²) in [4.78, 5) is 25.0. The third-order valence-electron chi connectivity index (χ3n) is 2.26. The van der Waals surface area contributed by atoms with Crippen LogP contribution in [0.1, 0.15) is 4.88 Å². The van der Waals surface area contributed by atoms with Crippen molar-refractivity contribution in [1.29, 1.82) is 0 Å². The zero-order valence-corrected chi connectivity index (χ0v) is 11.2. The number of pyridine rings is 1. The Labute approximate surface area is 109 Å². The zero-order chi connectivity index (χ0) is 13.0. The van der Waals surface area contributed by atoms with Crippen molar-refractivity contribution in [3.8, 4) is 0 Å². The fourth-order valence-corrected chi connectivity index (χ4v) is 2.97. The maximum absolute atomic E-state index is 11.2. The van der Waals surface area contributed by atoms with Crippen LogP contribution in [-0.4, -0.2) is 21.1 Å². The number of aromatic nitrogens is 1. The van der Waals surface area contributed by atoms with Crippen molar-refractivity contribution < 1.29 is 14.4 Å². The van der Waals surface area contributed by atoms with Gasteiger partial charge in [0.1, 0.15) is 12.1 Å². The second-order valence-corrected chi connectivity index (χ2v) is 6.42. The third kappa shape index (κ3) is 3.92. The first-order valence-corrected chi connectivity index (χ1v) is 7.95. The molecule has 96 valence electrons. The first-order chi connectivity index (χ1) is 8.54. The molecule has 0 aliphatic carbocycles. The number of hydrogen-bond acceptors (Lipinski definition) is 4. The first kappa shape index (κ1) is 13.2. The van der Waals surface area contributed by atoms with E-state index >= 15 is 0 Å². The van der Waals surface area contributed by atoms with Crippen LogP contribution >= 0.6 is 18.9 Å². The van der Waals surface area contributed by atoms with Crippen LogP contribution in [0.3, 0.4) is 0 Å². The lowest BCUT2D eigenvalue weighted by Crippen LogP contribution is -2.24. The van der Waals surface area contributed by atoms with Gasteiger partial charge in [-0.1, -0.05) is 12.1 Å². The monoisotopic (exact) mass is 284 g/mol. The van der Waals surface area contributed by atoms with E-state index in [1.165, 1.54) is 0 Å². The third-order valence-corrected chi connectivity index (χ3v) is 3.83. The summed E-state index contributed by atoms with van der Waals surface area (Å²) in [5.74, 6) is 0.564. The summed E-state index contributed by atoms with van der Waals surface area (Å²) in [5.41, 5.74) is 0. The number of thiophene rings is 1. The van der Waals surface area contributed by atoms with E-state index in [4.69, 9.17) is 9.79 Å². The molecule has 2 aromatic rings. The van der Waals surface area contributed by atoms with Crippen molar-refractivity contribution in [3.05, 3.63) is 46.8 Å². The fraction of sp³-hybridized carbons (Fsp3) is 0.182. The minimum atomic E-state index is -4.12. The van der Waals surface area contributed by atoms with E-state index in [2.05, 4.69) is 4.98 Å². The highest BCUT2D eigenvalue weighted by molar-refractivity contribution is 7.51. The molecular weight excluding hydrogens is 271 g/mol. The Kier molecular flexibility index (Phi) is 4.14. The average molecular weight is 284 g/mol. The lowest BCUT2D eigenvalue weighted by atomic mass is 10.4. The summed E-state index contributed by atoms with van der Waals surface area (Å²) in [5, 5.41) is 1.93. The standard InChI is InChI=1S/C11H13N2O3PS/c14-17(15,16)9-13(8-10-4-3-7-18-10)11-5-1-2-6-12-11/h1-7H,8-9H2,(H2,14,15,16). The van der Waals surface area contributed by atoms with Gasteiger partial charge in [0.15, 0.2) is 0 Å². The number of rotatable bonds is 5. The number of hydrogen-bond donors (Lipinski definition) is 2. The van der Waals surface area contributed by atoms with Crippen LogP contribution in [0.5, 0.6) is 0 Å². The van der Waals surface area contributed by atoms with Gasteiger partial charge >= 0.3 is 7.60 Å². The predicted molar refractivity (Wildman–Crippen MR) is 71.7 cm³/mol. The van der Waals surface area contributed by atoms with Crippen molar-refractivity contribution in [2.75, 3.05) is 11.2 Å². The predicted octanol–water partition coefficient (Wildman–Crippen LogP) is 2.28. The van der Waals surface area contributed by atoms with E-state index in [1.54, 1.807) is 40.6 Å². The summed E-state index contributed by atoms with van der Waals surface area (Å²) in [7, 11) is -4.12. The van der Waals surface area contributed by atoms with E-state index in [0.717, 1.165) is 4.88 Å². The van der Waals surface area contributed by atoms with Gasteiger partial charge in [0.25, 0.3) is 0 Å². The highest BCUT2D eigenvalue weighted by atomic mass is 32.1. The largest absolute Gasteiger partial charge is 0.344 e. The number of anilines is 1. The summed E-state index contributed by atoms with van der Waals surface area (Å²) < 4.78 is 11.2. The van der Waals surface area contributed by atoms with E-state index in [-0.39, 0.29) is 6.29 Å². The van der Waals surface area contributed by atoms with Gasteiger partial charge in [-0.25, -0.2) is 4.98 Å². The second-order valence-electron chi connectivity index (χ2n) is 3.77. The van der Waals surface area contributed by atoms with Crippen LogP contribution in [0.2, 0.25) is 0 Å². The molecule has 0 fully saturated rings. The van der Waals surface area contributed by atoms with Gasteiger partial charge in [0, 0.05) is 11.1 Å². The van der Waals surface area contributed by atoms with Crippen LogP contribution in [0.25, 0.3) is 0 Å². The molecule has 0 aliphatic heterocycles. The topological polar surface area (TPSA) is 73.7 Å². The Bertz CT molecular complexity index is 526. The van der Waals surface area contributed by atoms with E-state index in [1.807, 2.05) is 17.5 Å². The molecule has 0 radical (unpaired) electrons. The van der Waals surface area contributed by atoms with Gasteiger partial charge in [0.05, 0.1) is 6.54 Å². The lowest BCUT2D eigenvalue weighted by Gasteiger charge is -2.23. The molecule has 2 heterocycles. The van der Waals surface area contributed by atoms with Gasteiger partial charge in [-0.2, -0.15) is 0 Å². The summed E-state index contributed by atoms with van der Waals surface area (Å²) in [6.07, 6.45) is 1.28. The van der Waals surface area contributed by atoms with Gasteiger partial charge in [-0.05, 0) is 23.6 Å². The average Bonchev–Trinajstić information content (AvgIpc) is 2.80. The Hall–Kier alpha value is -1.20. The highest BCUT2D eigenvalue weighted by Crippen LogP contribution is 2.37. The molecule has 2 rings (SSSR count). The molecule has 0 spiro atoms. The molecular formula is C11H13N2O3PS. The SMILES string of the molecule is O=P(O)(O)CN(Cc1cccs1)c1ccccn1. The van der Waals surface area contributed by atoms with E-state index in [9.17, 15) is 4.57 Å². The Morgan fingerprint density at radius 2 is 2.11 bits per heavy atom. The van der Waals surface area contributed by atoms with Crippen molar-refractivity contribution in [2.45, 2.75) is 6.54 Å². The lowest BCUT2D eigenvalue weighted by molar-refractivity contribution is 0.371. The van der Waals surface area contributed by atoms with Crippen LogP contribution in [0.15, 0.2) is 41.9 Å². The quantitative estimate of drug-likeness (QED) is 0.824. The Morgan fingerprint density at radius 1 is 1.28 bits per heavy atom. The first-order valence-electron chi connectivity index (χ1n) is 5.27. The fourth-order valence-electron chi connectivity index (χ4n) is 1.56. The van der Waals surface area contributed by atoms with Gasteiger partial charge in [-0.15, -0.1) is 11.3 Å². The summed E-state index contributed by atoms with van der Waals surface area (Å²) >= 11 is 1.55. The van der Waals surface area contributed by atoms with Crippen molar-refractivity contribution in [2.24, 2.45) is 0 Å². The van der Waals surface area contributed by atoms with Gasteiger partial charge in [0.2, 0.25) is 0 Å². The van der Waals surface area contributed by atoms with Crippen LogP contribution in [-0.2, 0) is 11.1 Å². The van der Waals surface area contributed by atoms with Crippen LogP contribution < -0.4 is 4.90 Å². The maximum atomic E-state index is 11.2. The molecule has 0 amide bonds. The van der Waals surface area contributed by atoms with Crippen LogP contribution in [0, 0.1) is 0 Å². The van der Waals surface area contributed by atoms with E-state index in [0.29, 0.717) is 12.4 Å². The second kappa shape index (κ2) is 5.63. The molecule has 0 saturated heterocycles. The number of nitrogens with zero attached hydrogens (tertiary/aromatic N) is 2. The molecule has 0 atom stereocenters. The Balaban J connectivity index is 2.20. The molecule has 0 aromatic carbocycles. The summed E-state index contributed by atoms with van der Waals surface area (Å²) in [6, 6.07) is 9.14. The molecule has 18 heavy (non-hydrogen) atoms. The molecule has 0 bridgehead atoms. The maximum Gasteiger partial charge on any atom is 0.344 e. The molecule has 7 heteroatoms. The van der Waals surface area contributed by atoms with E-state index < -0.39 is 7.60 Å². The smallest absolute Gasteiger partial charge is 0.340 e. The molecule has 2 N–H and O–H groups in total. The van der Waals surface area contributed by atoms with Crippen LogP contribution in [0.4, 0.5) is 5.82 Å². The normalized spacial score (nSPS) is 11.4. The molecule has 2 aromatic heterocycles. The molecule has 0 unspecified atom stereocenters. The molecule has 0 saturated carbocycles. The minimum Gasteiger partial charge on any atom is -0.340 e. The van der Waals surface area contributed by atoms with Crippen molar-refractivity contribution in [3.63, 3.8) is 0 Å². The summed E-state index contributed by atoms with van der Waals surface area (Å²) in [6.45, 7) is 0.444. The van der Waals surface area contributed by atoms with Gasteiger partial charge < -0.3 is 14.7 Å². The zero-order valence-electron chi connectivity index (χ0n) is 9.51. The van der Waals surface area contributed by atoms with Crippen molar-refractivity contribution in [1.82, 2.24) is 4.98 Å². The highest BCUT2D eigenvalue weighted by Gasteiger charge is 2.20. The van der Waals surface area contributed by atoms with Gasteiger partial charge in [-0.3, -0.25) is 4.57 Å². The molecule has 5 nitrogen and oxygen atoms in total. The molecule has 0 aliphatic rings. The minimum absolute atomic E-state index is 0.331. The Morgan fingerprint density at radius 3 is 2.67 bits per heavy atom.